The lowest BCUT2D eigenvalue weighted by Crippen LogP contribution is -2.48. The van der Waals surface area contributed by atoms with Crippen molar-refractivity contribution in [3.63, 3.8) is 0 Å². The molecule has 6 nitrogen and oxygen atoms in total. The molecule has 30 heavy (non-hydrogen) atoms. The fourth-order valence-corrected chi connectivity index (χ4v) is 3.82. The first-order valence-electron chi connectivity index (χ1n) is 9.75. The van der Waals surface area contributed by atoms with Gasteiger partial charge >= 0.3 is 0 Å². The zero-order chi connectivity index (χ0) is 20.9. The van der Waals surface area contributed by atoms with Crippen molar-refractivity contribution in [2.24, 2.45) is 0 Å². The Labute approximate surface area is 189 Å². The van der Waals surface area contributed by atoms with Crippen molar-refractivity contribution in [3.8, 4) is 5.75 Å². The van der Waals surface area contributed by atoms with Crippen LogP contribution >= 0.6 is 27.5 Å². The van der Waals surface area contributed by atoms with E-state index in [0.29, 0.717) is 18.8 Å². The predicted molar refractivity (Wildman–Crippen MR) is 120 cm³/mol. The van der Waals surface area contributed by atoms with Crippen molar-refractivity contribution < 1.29 is 9.53 Å². The molecule has 8 heteroatoms. The van der Waals surface area contributed by atoms with Crippen molar-refractivity contribution in [1.82, 2.24) is 19.6 Å². The summed E-state index contributed by atoms with van der Waals surface area (Å²) in [5.41, 5.74) is 1.55. The van der Waals surface area contributed by atoms with Crippen LogP contribution in [0.25, 0.3) is 0 Å². The molecule has 0 bridgehead atoms. The van der Waals surface area contributed by atoms with Gasteiger partial charge in [-0.05, 0) is 42.0 Å². The summed E-state index contributed by atoms with van der Waals surface area (Å²) in [6.45, 7) is 4.01. The van der Waals surface area contributed by atoms with Crippen molar-refractivity contribution >= 4 is 33.4 Å². The van der Waals surface area contributed by atoms with Gasteiger partial charge in [0.05, 0.1) is 0 Å². The highest BCUT2D eigenvalue weighted by molar-refractivity contribution is 9.10. The number of benzene rings is 2. The summed E-state index contributed by atoms with van der Waals surface area (Å²) in [5.74, 6) is 0.700. The van der Waals surface area contributed by atoms with E-state index in [1.54, 1.807) is 16.9 Å². The summed E-state index contributed by atoms with van der Waals surface area (Å²) < 4.78 is 8.33. The molecular weight excluding hydrogens is 468 g/mol. The van der Waals surface area contributed by atoms with Crippen molar-refractivity contribution in [3.05, 3.63) is 81.5 Å². The first-order valence-corrected chi connectivity index (χ1v) is 10.9. The molecule has 2 aromatic carbocycles. The van der Waals surface area contributed by atoms with Crippen LogP contribution in [0.15, 0.2) is 65.3 Å². The van der Waals surface area contributed by atoms with E-state index in [9.17, 15) is 4.79 Å². The number of carbonyl (C=O) groups is 1. The van der Waals surface area contributed by atoms with Crippen LogP contribution in [-0.4, -0.2) is 51.7 Å². The van der Waals surface area contributed by atoms with Gasteiger partial charge in [-0.2, -0.15) is 5.10 Å². The Morgan fingerprint density at radius 2 is 1.77 bits per heavy atom. The van der Waals surface area contributed by atoms with Gasteiger partial charge in [0.2, 0.25) is 0 Å². The summed E-state index contributed by atoms with van der Waals surface area (Å²) in [6, 6.07) is 17.2. The lowest BCUT2D eigenvalue weighted by molar-refractivity contribution is 0.0621. The molecule has 1 amide bonds. The normalized spacial score (nSPS) is 14.7. The van der Waals surface area contributed by atoms with Gasteiger partial charge in [-0.3, -0.25) is 9.69 Å². The summed E-state index contributed by atoms with van der Waals surface area (Å²) >= 11 is 9.66. The molecule has 1 saturated heterocycles. The van der Waals surface area contributed by atoms with Gasteiger partial charge in [0.15, 0.2) is 12.4 Å². The number of nitrogens with zero attached hydrogens (tertiary/aromatic N) is 4. The van der Waals surface area contributed by atoms with Gasteiger partial charge < -0.3 is 9.64 Å². The maximum Gasteiger partial charge on any atom is 0.274 e. The Morgan fingerprint density at radius 3 is 2.50 bits per heavy atom. The van der Waals surface area contributed by atoms with Crippen LogP contribution < -0.4 is 4.74 Å². The summed E-state index contributed by atoms with van der Waals surface area (Å²) in [4.78, 5) is 17.0. The number of carbonyl (C=O) groups excluding carboxylic acids is 1. The van der Waals surface area contributed by atoms with E-state index in [-0.39, 0.29) is 12.6 Å². The largest absolute Gasteiger partial charge is 0.471 e. The van der Waals surface area contributed by atoms with E-state index in [1.807, 2.05) is 53.4 Å². The SMILES string of the molecule is O=C(c1ccn(COc2ccc(Br)cc2)n1)N1CCN(Cc2ccccc2Cl)CC1. The van der Waals surface area contributed by atoms with Crippen molar-refractivity contribution in [1.29, 1.82) is 0 Å². The number of hydrogen-bond acceptors (Lipinski definition) is 4. The molecule has 0 aliphatic carbocycles. The van der Waals surface area contributed by atoms with E-state index < -0.39 is 0 Å². The molecule has 0 atom stereocenters. The van der Waals surface area contributed by atoms with Crippen LogP contribution in [0, 0.1) is 0 Å². The quantitative estimate of drug-likeness (QED) is 0.518. The molecular formula is C22H22BrClN4O2. The molecule has 2 heterocycles. The second kappa shape index (κ2) is 9.64. The molecule has 0 unspecified atom stereocenters. The van der Waals surface area contributed by atoms with Crippen LogP contribution in [0.4, 0.5) is 0 Å². The number of ether oxygens (including phenoxy) is 1. The summed E-state index contributed by atoms with van der Waals surface area (Å²) in [7, 11) is 0. The second-order valence-corrected chi connectivity index (χ2v) is 8.45. The Hall–Kier alpha value is -2.35. The average molecular weight is 490 g/mol. The highest BCUT2D eigenvalue weighted by Gasteiger charge is 2.24. The van der Waals surface area contributed by atoms with E-state index in [4.69, 9.17) is 16.3 Å². The zero-order valence-corrected chi connectivity index (χ0v) is 18.7. The predicted octanol–water partition coefficient (Wildman–Crippen LogP) is 4.29. The van der Waals surface area contributed by atoms with E-state index in [0.717, 1.165) is 40.4 Å². The minimum Gasteiger partial charge on any atom is -0.471 e. The minimum atomic E-state index is -0.0465. The number of aromatic nitrogens is 2. The molecule has 1 aliphatic rings. The highest BCUT2D eigenvalue weighted by Crippen LogP contribution is 2.19. The summed E-state index contributed by atoms with van der Waals surface area (Å²) in [5, 5.41) is 5.16. The molecule has 3 aromatic rings. The molecule has 156 valence electrons. The minimum absolute atomic E-state index is 0.0465. The third-order valence-corrected chi connectivity index (χ3v) is 5.95. The Kier molecular flexibility index (Phi) is 6.72. The van der Waals surface area contributed by atoms with E-state index in [1.165, 1.54) is 0 Å². The van der Waals surface area contributed by atoms with Gasteiger partial charge in [0.25, 0.3) is 5.91 Å². The molecule has 0 saturated carbocycles. The van der Waals surface area contributed by atoms with Crippen LogP contribution in [0.1, 0.15) is 16.1 Å². The van der Waals surface area contributed by atoms with E-state index in [2.05, 4.69) is 25.9 Å². The van der Waals surface area contributed by atoms with Gasteiger partial charge in [-0.15, -0.1) is 0 Å². The van der Waals surface area contributed by atoms with Gasteiger partial charge in [-0.25, -0.2) is 4.68 Å². The van der Waals surface area contributed by atoms with Crippen LogP contribution in [-0.2, 0) is 13.3 Å². The third-order valence-electron chi connectivity index (χ3n) is 5.05. The maximum atomic E-state index is 12.8. The maximum absolute atomic E-state index is 12.8. The van der Waals surface area contributed by atoms with Crippen LogP contribution in [0.5, 0.6) is 5.75 Å². The van der Waals surface area contributed by atoms with Gasteiger partial charge in [-0.1, -0.05) is 45.7 Å². The fourth-order valence-electron chi connectivity index (χ4n) is 3.36. The van der Waals surface area contributed by atoms with Crippen molar-refractivity contribution in [2.45, 2.75) is 13.3 Å². The topological polar surface area (TPSA) is 50.6 Å². The number of rotatable bonds is 6. The lowest BCUT2D eigenvalue weighted by Gasteiger charge is -2.34. The lowest BCUT2D eigenvalue weighted by atomic mass is 10.2. The first-order chi connectivity index (χ1) is 14.6. The standard InChI is InChI=1S/C22H22BrClN4O2/c23-18-5-7-19(8-6-18)30-16-28-10-9-21(25-28)22(29)27-13-11-26(12-14-27)15-17-3-1-2-4-20(17)24/h1-10H,11-16H2. The monoisotopic (exact) mass is 488 g/mol. The molecule has 1 fully saturated rings. The average Bonchev–Trinajstić information content (AvgIpc) is 3.24. The van der Waals surface area contributed by atoms with Gasteiger partial charge in [0, 0.05) is 48.4 Å². The Morgan fingerprint density at radius 1 is 1.03 bits per heavy atom. The molecule has 0 radical (unpaired) electrons. The third kappa shape index (κ3) is 5.22. The molecule has 1 aromatic heterocycles. The van der Waals surface area contributed by atoms with Crippen molar-refractivity contribution in [2.75, 3.05) is 26.2 Å². The number of halogens is 2. The second-order valence-electron chi connectivity index (χ2n) is 7.13. The highest BCUT2D eigenvalue weighted by atomic mass is 79.9. The smallest absolute Gasteiger partial charge is 0.274 e. The number of piperazine rings is 1. The molecule has 4 rings (SSSR count). The zero-order valence-electron chi connectivity index (χ0n) is 16.4. The Balaban J connectivity index is 1.28. The molecule has 1 aliphatic heterocycles. The summed E-state index contributed by atoms with van der Waals surface area (Å²) in [6.07, 6.45) is 1.76. The number of amides is 1. The Bertz CT molecular complexity index is 1000. The molecule has 0 spiro atoms. The molecule has 0 N–H and O–H groups in total. The van der Waals surface area contributed by atoms with Crippen LogP contribution in [0.3, 0.4) is 0 Å². The van der Waals surface area contributed by atoms with Gasteiger partial charge in [0.1, 0.15) is 5.75 Å². The fraction of sp³-hybridized carbons (Fsp3) is 0.273. The first kappa shape index (κ1) is 20.9. The van der Waals surface area contributed by atoms with E-state index >= 15 is 0 Å². The number of hydrogen-bond donors (Lipinski definition) is 0. The van der Waals surface area contributed by atoms with Crippen LogP contribution in [0.2, 0.25) is 5.02 Å².